The summed E-state index contributed by atoms with van der Waals surface area (Å²) in [6.07, 6.45) is 0. The number of nitrogens with zero attached hydrogens (tertiary/aromatic N) is 2. The van der Waals surface area contributed by atoms with E-state index >= 15 is 0 Å². The van der Waals surface area contributed by atoms with Crippen molar-refractivity contribution in [2.45, 2.75) is 12.1 Å². The summed E-state index contributed by atoms with van der Waals surface area (Å²) in [5.41, 5.74) is 2.18. The zero-order valence-electron chi connectivity index (χ0n) is 14.5. The number of rotatable bonds is 5. The SMILES string of the molecule is Cc1cccc(NC(=O)CSc2nc(-c3ccccc3)c(C#N)c(=O)[nH]2)c1. The molecule has 2 aromatic carbocycles. The van der Waals surface area contributed by atoms with Gasteiger partial charge < -0.3 is 10.3 Å². The molecule has 0 saturated heterocycles. The Kier molecular flexibility index (Phi) is 5.69. The van der Waals surface area contributed by atoms with Crippen LogP contribution in [0.5, 0.6) is 0 Å². The number of hydrogen-bond donors (Lipinski definition) is 2. The van der Waals surface area contributed by atoms with Gasteiger partial charge in [-0.1, -0.05) is 54.2 Å². The number of nitriles is 1. The minimum atomic E-state index is -0.520. The highest BCUT2D eigenvalue weighted by atomic mass is 32.2. The van der Waals surface area contributed by atoms with Gasteiger partial charge in [-0.25, -0.2) is 4.98 Å². The zero-order valence-corrected chi connectivity index (χ0v) is 15.3. The van der Waals surface area contributed by atoms with Gasteiger partial charge in [-0.05, 0) is 24.6 Å². The maximum atomic E-state index is 12.2. The molecule has 0 unspecified atom stereocenters. The Labute approximate surface area is 160 Å². The molecular weight excluding hydrogens is 360 g/mol. The number of anilines is 1. The Morgan fingerprint density at radius 2 is 2.00 bits per heavy atom. The van der Waals surface area contributed by atoms with Gasteiger partial charge in [0.15, 0.2) is 5.16 Å². The number of carbonyl (C=O) groups is 1. The molecule has 1 amide bonds. The predicted octanol–water partition coefficient (Wildman–Crippen LogP) is 3.35. The lowest BCUT2D eigenvalue weighted by atomic mass is 10.1. The molecule has 2 N–H and O–H groups in total. The molecule has 0 atom stereocenters. The summed E-state index contributed by atoms with van der Waals surface area (Å²) in [7, 11) is 0. The van der Waals surface area contributed by atoms with Crippen LogP contribution in [0.4, 0.5) is 5.69 Å². The van der Waals surface area contributed by atoms with Gasteiger partial charge in [-0.2, -0.15) is 5.26 Å². The lowest BCUT2D eigenvalue weighted by Gasteiger charge is -2.07. The molecule has 6 nitrogen and oxygen atoms in total. The monoisotopic (exact) mass is 376 g/mol. The average Bonchev–Trinajstić information content (AvgIpc) is 2.66. The van der Waals surface area contributed by atoms with Gasteiger partial charge >= 0.3 is 0 Å². The first-order chi connectivity index (χ1) is 13.1. The minimum absolute atomic E-state index is 0.0465. The molecular formula is C20H16N4O2S. The predicted molar refractivity (Wildman–Crippen MR) is 106 cm³/mol. The number of benzene rings is 2. The van der Waals surface area contributed by atoms with E-state index in [1.54, 1.807) is 12.1 Å². The maximum absolute atomic E-state index is 12.2. The van der Waals surface area contributed by atoms with Crippen molar-refractivity contribution in [3.63, 3.8) is 0 Å². The number of nitrogens with one attached hydrogen (secondary N) is 2. The fourth-order valence-electron chi connectivity index (χ4n) is 2.48. The number of aromatic amines is 1. The molecule has 0 spiro atoms. The minimum Gasteiger partial charge on any atom is -0.325 e. The number of aromatic nitrogens is 2. The van der Waals surface area contributed by atoms with Crippen LogP contribution in [0, 0.1) is 18.3 Å². The van der Waals surface area contributed by atoms with E-state index in [1.165, 1.54) is 0 Å². The van der Waals surface area contributed by atoms with Gasteiger partial charge in [0.05, 0.1) is 11.4 Å². The molecule has 0 aliphatic rings. The largest absolute Gasteiger partial charge is 0.325 e. The third-order valence-corrected chi connectivity index (χ3v) is 4.57. The first kappa shape index (κ1) is 18.4. The van der Waals surface area contributed by atoms with E-state index < -0.39 is 5.56 Å². The van der Waals surface area contributed by atoms with E-state index in [1.807, 2.05) is 55.5 Å². The second-order valence-corrected chi connectivity index (χ2v) is 6.74. The van der Waals surface area contributed by atoms with Crippen LogP contribution < -0.4 is 10.9 Å². The van der Waals surface area contributed by atoms with Gasteiger partial charge in [0.25, 0.3) is 5.56 Å². The summed E-state index contributed by atoms with van der Waals surface area (Å²) >= 11 is 1.11. The Morgan fingerprint density at radius 1 is 1.22 bits per heavy atom. The number of thioether (sulfide) groups is 1. The van der Waals surface area contributed by atoms with Crippen molar-refractivity contribution in [3.05, 3.63) is 76.1 Å². The third-order valence-electron chi connectivity index (χ3n) is 3.70. The van der Waals surface area contributed by atoms with Crippen molar-refractivity contribution in [1.82, 2.24) is 9.97 Å². The van der Waals surface area contributed by atoms with Crippen LogP contribution in [-0.2, 0) is 4.79 Å². The fourth-order valence-corrected chi connectivity index (χ4v) is 3.14. The molecule has 3 rings (SSSR count). The van der Waals surface area contributed by atoms with E-state index in [0.717, 1.165) is 17.3 Å². The molecule has 1 heterocycles. The Balaban J connectivity index is 1.77. The van der Waals surface area contributed by atoms with Crippen LogP contribution in [0.1, 0.15) is 11.1 Å². The molecule has 3 aromatic rings. The number of amides is 1. The van der Waals surface area contributed by atoms with E-state index in [4.69, 9.17) is 0 Å². The second kappa shape index (κ2) is 8.34. The molecule has 0 aliphatic heterocycles. The number of carbonyl (C=O) groups excluding carboxylic acids is 1. The van der Waals surface area contributed by atoms with Gasteiger partial charge in [0.1, 0.15) is 11.6 Å². The molecule has 0 aliphatic carbocycles. The van der Waals surface area contributed by atoms with Crippen molar-refractivity contribution in [2.24, 2.45) is 0 Å². The quantitative estimate of drug-likeness (QED) is 0.526. The molecule has 0 fully saturated rings. The lowest BCUT2D eigenvalue weighted by molar-refractivity contribution is -0.113. The van der Waals surface area contributed by atoms with Gasteiger partial charge in [-0.3, -0.25) is 9.59 Å². The Morgan fingerprint density at radius 3 is 2.70 bits per heavy atom. The van der Waals surface area contributed by atoms with Gasteiger partial charge in [-0.15, -0.1) is 0 Å². The van der Waals surface area contributed by atoms with E-state index in [9.17, 15) is 14.9 Å². The third kappa shape index (κ3) is 4.63. The first-order valence-electron chi connectivity index (χ1n) is 8.16. The molecule has 0 saturated carbocycles. The molecule has 27 heavy (non-hydrogen) atoms. The maximum Gasteiger partial charge on any atom is 0.270 e. The summed E-state index contributed by atoms with van der Waals surface area (Å²) in [5.74, 6) is -0.129. The summed E-state index contributed by atoms with van der Waals surface area (Å²) < 4.78 is 0. The van der Waals surface area contributed by atoms with Gasteiger partial charge in [0.2, 0.25) is 5.91 Å². The molecule has 7 heteroatoms. The highest BCUT2D eigenvalue weighted by molar-refractivity contribution is 7.99. The smallest absolute Gasteiger partial charge is 0.270 e. The van der Waals surface area contributed by atoms with Crippen molar-refractivity contribution < 1.29 is 4.79 Å². The Hall–Kier alpha value is -3.37. The zero-order chi connectivity index (χ0) is 19.2. The van der Waals surface area contributed by atoms with E-state index in [-0.39, 0.29) is 22.4 Å². The van der Waals surface area contributed by atoms with Crippen molar-refractivity contribution >= 4 is 23.4 Å². The number of hydrogen-bond acceptors (Lipinski definition) is 5. The van der Waals surface area contributed by atoms with Crippen LogP contribution in [0.3, 0.4) is 0 Å². The molecule has 134 valence electrons. The van der Waals surface area contributed by atoms with Gasteiger partial charge in [0, 0.05) is 11.3 Å². The van der Waals surface area contributed by atoms with Crippen molar-refractivity contribution in [3.8, 4) is 17.3 Å². The number of H-pyrrole nitrogens is 1. The van der Waals surface area contributed by atoms with Crippen LogP contribution in [0.2, 0.25) is 0 Å². The summed E-state index contributed by atoms with van der Waals surface area (Å²) in [5, 5.41) is 12.4. The first-order valence-corrected chi connectivity index (χ1v) is 9.14. The van der Waals surface area contributed by atoms with E-state index in [2.05, 4.69) is 15.3 Å². The summed E-state index contributed by atoms with van der Waals surface area (Å²) in [4.78, 5) is 31.3. The van der Waals surface area contributed by atoms with Crippen LogP contribution in [0.15, 0.2) is 64.5 Å². The van der Waals surface area contributed by atoms with E-state index in [0.29, 0.717) is 16.9 Å². The van der Waals surface area contributed by atoms with Crippen molar-refractivity contribution in [2.75, 3.05) is 11.1 Å². The average molecular weight is 376 g/mol. The topological polar surface area (TPSA) is 98.6 Å². The lowest BCUT2D eigenvalue weighted by Crippen LogP contribution is -2.17. The highest BCUT2D eigenvalue weighted by Crippen LogP contribution is 2.22. The summed E-state index contributed by atoms with van der Waals surface area (Å²) in [6.45, 7) is 1.95. The highest BCUT2D eigenvalue weighted by Gasteiger charge is 2.14. The van der Waals surface area contributed by atoms with Crippen LogP contribution >= 0.6 is 11.8 Å². The number of aryl methyl sites for hydroxylation is 1. The molecule has 1 aromatic heterocycles. The molecule has 0 radical (unpaired) electrons. The molecule has 0 bridgehead atoms. The van der Waals surface area contributed by atoms with Crippen LogP contribution in [0.25, 0.3) is 11.3 Å². The van der Waals surface area contributed by atoms with Crippen LogP contribution in [-0.4, -0.2) is 21.6 Å². The standard InChI is InChI=1S/C20H16N4O2S/c1-13-6-5-9-15(10-13)22-17(25)12-27-20-23-18(14-7-3-2-4-8-14)16(11-21)19(26)24-20/h2-10H,12H2,1H3,(H,22,25)(H,23,24,26). The fraction of sp³-hybridized carbons (Fsp3) is 0.100. The summed E-state index contributed by atoms with van der Waals surface area (Å²) in [6, 6.07) is 18.4. The van der Waals surface area contributed by atoms with Crippen molar-refractivity contribution in [1.29, 1.82) is 5.26 Å². The Bertz CT molecular complexity index is 1070. The second-order valence-electron chi connectivity index (χ2n) is 5.78. The normalized spacial score (nSPS) is 10.2.